The minimum Gasteiger partial charge on any atom is -0.383 e. The number of halogens is 1. The summed E-state index contributed by atoms with van der Waals surface area (Å²) >= 11 is 0. The number of aliphatic hydroxyl groups is 1. The predicted octanol–water partition coefficient (Wildman–Crippen LogP) is 4.21. The van der Waals surface area contributed by atoms with E-state index in [2.05, 4.69) is 6.07 Å². The molecule has 1 atom stereocenters. The van der Waals surface area contributed by atoms with Gasteiger partial charge in [-0.05, 0) is 42.9 Å². The first-order chi connectivity index (χ1) is 10.1. The molecule has 0 bridgehead atoms. The molecule has 0 amide bonds. The molecule has 1 saturated carbocycles. The van der Waals surface area contributed by atoms with Crippen molar-refractivity contribution in [2.24, 2.45) is 5.41 Å². The molecule has 112 valence electrons. The van der Waals surface area contributed by atoms with Gasteiger partial charge in [0, 0.05) is 0 Å². The Kier molecular flexibility index (Phi) is 3.75. The lowest BCUT2D eigenvalue weighted by Gasteiger charge is -2.42. The third-order valence-corrected chi connectivity index (χ3v) is 5.51. The number of nitrogens with zero attached hydrogens (tertiary/aromatic N) is 1. The first-order valence-electron chi connectivity index (χ1n) is 8.04. The molecule has 1 N–H and O–H groups in total. The van der Waals surface area contributed by atoms with Crippen molar-refractivity contribution in [1.82, 2.24) is 0 Å². The fourth-order valence-corrected chi connectivity index (χ4v) is 4.26. The molecule has 0 aromatic heterocycles. The summed E-state index contributed by atoms with van der Waals surface area (Å²) < 4.78 is 14.0. The Bertz CT molecular complexity index is 569. The Labute approximate surface area is 125 Å². The van der Waals surface area contributed by atoms with Gasteiger partial charge in [0.05, 0.1) is 11.5 Å². The van der Waals surface area contributed by atoms with Crippen LogP contribution < -0.4 is 0 Å². The normalized spacial score (nSPS) is 28.2. The summed E-state index contributed by atoms with van der Waals surface area (Å²) in [5.74, 6) is -0.248. The van der Waals surface area contributed by atoms with Crippen LogP contribution >= 0.6 is 0 Å². The number of benzene rings is 1. The summed E-state index contributed by atoms with van der Waals surface area (Å²) in [6.07, 6.45) is 7.84. The average molecular weight is 287 g/mol. The van der Waals surface area contributed by atoms with Crippen molar-refractivity contribution in [2.75, 3.05) is 0 Å². The maximum atomic E-state index is 14.0. The Balaban J connectivity index is 2.05. The van der Waals surface area contributed by atoms with Gasteiger partial charge in [0.1, 0.15) is 11.4 Å². The Hall–Kier alpha value is -1.40. The molecule has 0 aliphatic heterocycles. The van der Waals surface area contributed by atoms with Gasteiger partial charge in [-0.3, -0.25) is 0 Å². The van der Waals surface area contributed by atoms with E-state index >= 15 is 0 Å². The number of hydrogen-bond donors (Lipinski definition) is 1. The zero-order chi connectivity index (χ0) is 14.9. The van der Waals surface area contributed by atoms with E-state index in [9.17, 15) is 14.8 Å². The maximum absolute atomic E-state index is 14.0. The molecule has 0 radical (unpaired) electrons. The summed E-state index contributed by atoms with van der Waals surface area (Å²) in [7, 11) is 0. The van der Waals surface area contributed by atoms with Gasteiger partial charge in [-0.15, -0.1) is 0 Å². The minimum absolute atomic E-state index is 0.248. The quantitative estimate of drug-likeness (QED) is 0.840. The van der Waals surface area contributed by atoms with E-state index in [0.717, 1.165) is 38.5 Å². The van der Waals surface area contributed by atoms with E-state index in [0.29, 0.717) is 24.0 Å². The lowest BCUT2D eigenvalue weighted by molar-refractivity contribution is -0.0725. The van der Waals surface area contributed by atoms with Crippen LogP contribution in [-0.2, 0) is 12.0 Å². The zero-order valence-electron chi connectivity index (χ0n) is 12.4. The van der Waals surface area contributed by atoms with Crippen molar-refractivity contribution in [3.05, 3.63) is 35.1 Å². The summed E-state index contributed by atoms with van der Waals surface area (Å²) in [4.78, 5) is 0. The highest BCUT2D eigenvalue weighted by Gasteiger charge is 2.54. The number of hydrogen-bond acceptors (Lipinski definition) is 2. The SMILES string of the molecule is N#CC1(C2(O)CCc3c(F)cccc32)CCCCCCC1. The highest BCUT2D eigenvalue weighted by Crippen LogP contribution is 2.54. The van der Waals surface area contributed by atoms with Gasteiger partial charge in [-0.25, -0.2) is 4.39 Å². The van der Waals surface area contributed by atoms with Crippen LogP contribution in [0.3, 0.4) is 0 Å². The standard InChI is InChI=1S/C18H22FNO/c19-16-8-6-7-15-14(16)9-12-18(15,21)17(13-20)10-4-2-1-3-5-11-17/h6-8,21H,1-5,9-12H2. The second-order valence-corrected chi connectivity index (χ2v) is 6.59. The minimum atomic E-state index is -1.18. The first kappa shape index (κ1) is 14.5. The number of fused-ring (bicyclic) bond motifs is 1. The van der Waals surface area contributed by atoms with Gasteiger partial charge < -0.3 is 5.11 Å². The Morgan fingerprint density at radius 3 is 2.38 bits per heavy atom. The van der Waals surface area contributed by atoms with Gasteiger partial charge in [0.15, 0.2) is 0 Å². The molecule has 1 aromatic carbocycles. The maximum Gasteiger partial charge on any atom is 0.126 e. The molecule has 2 aliphatic rings. The highest BCUT2D eigenvalue weighted by molar-refractivity contribution is 5.41. The van der Waals surface area contributed by atoms with Gasteiger partial charge in [-0.1, -0.05) is 44.2 Å². The first-order valence-corrected chi connectivity index (χ1v) is 8.04. The molecule has 1 unspecified atom stereocenters. The van der Waals surface area contributed by atoms with Gasteiger partial charge in [-0.2, -0.15) is 5.26 Å². The van der Waals surface area contributed by atoms with E-state index in [-0.39, 0.29) is 5.82 Å². The van der Waals surface area contributed by atoms with E-state index in [4.69, 9.17) is 0 Å². The van der Waals surface area contributed by atoms with E-state index in [1.165, 1.54) is 12.5 Å². The van der Waals surface area contributed by atoms with Crippen molar-refractivity contribution < 1.29 is 9.50 Å². The van der Waals surface area contributed by atoms with Crippen molar-refractivity contribution >= 4 is 0 Å². The summed E-state index contributed by atoms with van der Waals surface area (Å²) in [5, 5.41) is 21.2. The monoisotopic (exact) mass is 287 g/mol. The summed E-state index contributed by atoms with van der Waals surface area (Å²) in [6.45, 7) is 0. The van der Waals surface area contributed by atoms with Gasteiger partial charge in [0.25, 0.3) is 0 Å². The van der Waals surface area contributed by atoms with Gasteiger partial charge in [0.2, 0.25) is 0 Å². The third kappa shape index (κ3) is 2.17. The zero-order valence-corrected chi connectivity index (χ0v) is 12.4. The lowest BCUT2D eigenvalue weighted by atomic mass is 9.63. The smallest absolute Gasteiger partial charge is 0.126 e. The largest absolute Gasteiger partial charge is 0.383 e. The van der Waals surface area contributed by atoms with Crippen LogP contribution in [0.2, 0.25) is 0 Å². The molecule has 3 heteroatoms. The second-order valence-electron chi connectivity index (χ2n) is 6.59. The van der Waals surface area contributed by atoms with E-state index < -0.39 is 11.0 Å². The van der Waals surface area contributed by atoms with E-state index in [1.54, 1.807) is 6.07 Å². The fourth-order valence-electron chi connectivity index (χ4n) is 4.26. The third-order valence-electron chi connectivity index (χ3n) is 5.51. The van der Waals surface area contributed by atoms with Crippen molar-refractivity contribution in [1.29, 1.82) is 5.26 Å². The molecule has 0 saturated heterocycles. The van der Waals surface area contributed by atoms with Crippen LogP contribution in [0.25, 0.3) is 0 Å². The van der Waals surface area contributed by atoms with Crippen molar-refractivity contribution in [3.63, 3.8) is 0 Å². The van der Waals surface area contributed by atoms with Crippen LogP contribution in [0.5, 0.6) is 0 Å². The summed E-state index contributed by atoms with van der Waals surface area (Å²) in [6, 6.07) is 7.36. The molecule has 2 aliphatic carbocycles. The number of nitriles is 1. The molecule has 21 heavy (non-hydrogen) atoms. The van der Waals surface area contributed by atoms with Crippen LogP contribution in [0.4, 0.5) is 4.39 Å². The van der Waals surface area contributed by atoms with Crippen LogP contribution in [0.15, 0.2) is 18.2 Å². The summed E-state index contributed by atoms with van der Waals surface area (Å²) in [5.41, 5.74) is -0.676. The number of rotatable bonds is 1. The fraction of sp³-hybridized carbons (Fsp3) is 0.611. The predicted molar refractivity (Wildman–Crippen MR) is 79.0 cm³/mol. The Morgan fingerprint density at radius 2 is 1.71 bits per heavy atom. The topological polar surface area (TPSA) is 44.0 Å². The Morgan fingerprint density at radius 1 is 1.05 bits per heavy atom. The highest BCUT2D eigenvalue weighted by atomic mass is 19.1. The van der Waals surface area contributed by atoms with Crippen LogP contribution in [-0.4, -0.2) is 5.11 Å². The molecule has 1 fully saturated rings. The molecule has 3 rings (SSSR count). The van der Waals surface area contributed by atoms with Crippen LogP contribution in [0, 0.1) is 22.6 Å². The second kappa shape index (κ2) is 5.42. The lowest BCUT2D eigenvalue weighted by Crippen LogP contribution is -2.44. The molecule has 0 spiro atoms. The molecule has 1 aromatic rings. The van der Waals surface area contributed by atoms with Crippen molar-refractivity contribution in [3.8, 4) is 6.07 Å². The molecular formula is C18H22FNO. The molecule has 0 heterocycles. The molecular weight excluding hydrogens is 265 g/mol. The van der Waals surface area contributed by atoms with Gasteiger partial charge >= 0.3 is 0 Å². The van der Waals surface area contributed by atoms with Crippen LogP contribution in [0.1, 0.15) is 62.5 Å². The van der Waals surface area contributed by atoms with E-state index in [1.807, 2.05) is 6.07 Å². The average Bonchev–Trinajstić information content (AvgIpc) is 2.80. The van der Waals surface area contributed by atoms with Crippen molar-refractivity contribution in [2.45, 2.75) is 63.4 Å². The molecule has 2 nitrogen and oxygen atoms in total.